The number of carbonyl (C=O) groups excluding carboxylic acids is 1. The molecule has 1 amide bonds. The lowest BCUT2D eigenvalue weighted by atomic mass is 10.2. The Morgan fingerprint density at radius 1 is 1.50 bits per heavy atom. The third kappa shape index (κ3) is 3.32. The van der Waals surface area contributed by atoms with Crippen LogP contribution in [0.5, 0.6) is 0 Å². The molecule has 0 radical (unpaired) electrons. The van der Waals surface area contributed by atoms with Gasteiger partial charge in [0.25, 0.3) is 0 Å². The second-order valence-electron chi connectivity index (χ2n) is 4.51. The van der Waals surface area contributed by atoms with E-state index in [9.17, 15) is 9.90 Å². The van der Waals surface area contributed by atoms with Gasteiger partial charge in [0.1, 0.15) is 6.04 Å². The van der Waals surface area contributed by atoms with Crippen molar-refractivity contribution in [2.24, 2.45) is 5.73 Å². The van der Waals surface area contributed by atoms with Crippen molar-refractivity contribution in [3.05, 3.63) is 28.2 Å². The predicted molar refractivity (Wildman–Crippen MR) is 83.0 cm³/mol. The summed E-state index contributed by atoms with van der Waals surface area (Å²) < 4.78 is 0. The zero-order valence-corrected chi connectivity index (χ0v) is 12.7. The third-order valence-electron chi connectivity index (χ3n) is 3.04. The maximum absolute atomic E-state index is 11.4. The molecular formula is C12H13Cl2N3O2S. The second kappa shape index (κ2) is 6.13. The maximum Gasteiger partial charge on any atom is 0.240 e. The summed E-state index contributed by atoms with van der Waals surface area (Å²) in [5, 5.41) is 13.8. The number of aliphatic hydroxyl groups is 1. The first-order chi connectivity index (χ1) is 9.38. The molecule has 20 heavy (non-hydrogen) atoms. The number of rotatable bonds is 2. The van der Waals surface area contributed by atoms with Gasteiger partial charge in [-0.25, -0.2) is 0 Å². The van der Waals surface area contributed by atoms with Crippen molar-refractivity contribution in [1.29, 1.82) is 0 Å². The first kappa shape index (κ1) is 15.3. The molecule has 1 aromatic carbocycles. The van der Waals surface area contributed by atoms with Crippen molar-refractivity contribution < 1.29 is 9.90 Å². The molecule has 1 saturated heterocycles. The highest BCUT2D eigenvalue weighted by molar-refractivity contribution is 7.80. The Labute approximate surface area is 131 Å². The molecule has 0 spiro atoms. The molecule has 1 aliphatic rings. The number of amides is 1. The molecular weight excluding hydrogens is 321 g/mol. The van der Waals surface area contributed by atoms with Gasteiger partial charge in [0.05, 0.1) is 16.8 Å². The van der Waals surface area contributed by atoms with E-state index in [0.717, 1.165) is 0 Å². The number of anilines is 1. The first-order valence-corrected chi connectivity index (χ1v) is 7.05. The number of carbonyl (C=O) groups is 1. The van der Waals surface area contributed by atoms with Gasteiger partial charge in [-0.2, -0.15) is 0 Å². The Balaban J connectivity index is 2.13. The fourth-order valence-corrected chi connectivity index (χ4v) is 2.85. The zero-order valence-electron chi connectivity index (χ0n) is 10.3. The zero-order chi connectivity index (χ0) is 14.9. The average Bonchev–Trinajstić information content (AvgIpc) is 2.75. The molecule has 0 unspecified atom stereocenters. The summed E-state index contributed by atoms with van der Waals surface area (Å²) in [6.45, 7) is 0.255. The summed E-state index contributed by atoms with van der Waals surface area (Å²) in [7, 11) is 0. The second-order valence-corrected chi connectivity index (χ2v) is 5.74. The number of primary amides is 1. The number of hydrogen-bond acceptors (Lipinski definition) is 3. The average molecular weight is 334 g/mol. The highest BCUT2D eigenvalue weighted by atomic mass is 35.5. The molecule has 0 aromatic heterocycles. The van der Waals surface area contributed by atoms with Gasteiger partial charge in [-0.15, -0.1) is 0 Å². The monoisotopic (exact) mass is 333 g/mol. The molecule has 1 aromatic rings. The Morgan fingerprint density at radius 2 is 2.20 bits per heavy atom. The van der Waals surface area contributed by atoms with Gasteiger partial charge in [0.2, 0.25) is 5.91 Å². The summed E-state index contributed by atoms with van der Waals surface area (Å²) in [4.78, 5) is 12.9. The molecule has 0 aliphatic carbocycles. The van der Waals surface area contributed by atoms with Crippen molar-refractivity contribution in [2.45, 2.75) is 18.6 Å². The molecule has 1 fully saturated rings. The lowest BCUT2D eigenvalue weighted by Gasteiger charge is -2.25. The van der Waals surface area contributed by atoms with E-state index in [2.05, 4.69) is 5.32 Å². The minimum absolute atomic E-state index is 0.255. The van der Waals surface area contributed by atoms with E-state index < -0.39 is 18.1 Å². The van der Waals surface area contributed by atoms with Crippen LogP contribution in [0.1, 0.15) is 6.42 Å². The molecule has 108 valence electrons. The molecule has 1 aliphatic heterocycles. The minimum Gasteiger partial charge on any atom is -0.391 e. The van der Waals surface area contributed by atoms with Crippen molar-refractivity contribution in [3.8, 4) is 0 Å². The van der Waals surface area contributed by atoms with Gasteiger partial charge in [0, 0.05) is 18.0 Å². The highest BCUT2D eigenvalue weighted by Crippen LogP contribution is 2.27. The maximum atomic E-state index is 11.4. The number of aliphatic hydroxyl groups excluding tert-OH is 1. The van der Waals surface area contributed by atoms with E-state index in [4.69, 9.17) is 41.2 Å². The number of benzene rings is 1. The Hall–Kier alpha value is -1.08. The van der Waals surface area contributed by atoms with E-state index in [-0.39, 0.29) is 18.1 Å². The lowest BCUT2D eigenvalue weighted by Crippen LogP contribution is -2.45. The van der Waals surface area contributed by atoms with Crippen molar-refractivity contribution in [3.63, 3.8) is 0 Å². The Morgan fingerprint density at radius 3 is 2.80 bits per heavy atom. The quantitative estimate of drug-likeness (QED) is 0.716. The number of hydrogen-bond donors (Lipinski definition) is 3. The van der Waals surface area contributed by atoms with Gasteiger partial charge in [-0.3, -0.25) is 4.79 Å². The number of nitrogens with two attached hydrogens (primary N) is 1. The molecule has 2 rings (SSSR count). The van der Waals surface area contributed by atoms with Crippen LogP contribution < -0.4 is 11.1 Å². The van der Waals surface area contributed by atoms with Crippen LogP contribution >= 0.6 is 35.4 Å². The van der Waals surface area contributed by atoms with Crippen molar-refractivity contribution in [1.82, 2.24) is 4.90 Å². The standard InChI is InChI=1S/C12H13Cl2N3O2S/c13-6-1-2-9(8(14)3-6)16-12(20)17-5-7(18)4-10(17)11(15)19/h1-3,7,10,18H,4-5H2,(H2,15,19)(H,16,20)/t7-,10+/m1/s1. The number of nitrogens with one attached hydrogen (secondary N) is 1. The van der Waals surface area contributed by atoms with Crippen molar-refractivity contribution >= 4 is 52.1 Å². The molecule has 2 atom stereocenters. The first-order valence-electron chi connectivity index (χ1n) is 5.88. The highest BCUT2D eigenvalue weighted by Gasteiger charge is 2.36. The van der Waals surface area contributed by atoms with E-state index in [0.29, 0.717) is 15.7 Å². The van der Waals surface area contributed by atoms with Crippen LogP contribution in [0.3, 0.4) is 0 Å². The van der Waals surface area contributed by atoms with Crippen LogP contribution in [0.15, 0.2) is 18.2 Å². The fraction of sp³-hybridized carbons (Fsp3) is 0.333. The number of likely N-dealkylation sites (tertiary alicyclic amines) is 1. The summed E-state index contributed by atoms with van der Waals surface area (Å²) in [6.07, 6.45) is -0.362. The lowest BCUT2D eigenvalue weighted by molar-refractivity contribution is -0.121. The van der Waals surface area contributed by atoms with Gasteiger partial charge in [-0.05, 0) is 30.4 Å². The van der Waals surface area contributed by atoms with Crippen LogP contribution in [-0.4, -0.2) is 39.7 Å². The minimum atomic E-state index is -0.632. The molecule has 4 N–H and O–H groups in total. The van der Waals surface area contributed by atoms with Gasteiger partial charge >= 0.3 is 0 Å². The van der Waals surface area contributed by atoms with Crippen LogP contribution in [-0.2, 0) is 4.79 Å². The van der Waals surface area contributed by atoms with E-state index >= 15 is 0 Å². The number of nitrogens with zero attached hydrogens (tertiary/aromatic N) is 1. The fourth-order valence-electron chi connectivity index (χ4n) is 2.09. The smallest absolute Gasteiger partial charge is 0.240 e. The van der Waals surface area contributed by atoms with Gasteiger partial charge < -0.3 is 21.1 Å². The molecule has 5 nitrogen and oxygen atoms in total. The number of thiocarbonyl (C=S) groups is 1. The number of halogens is 2. The molecule has 0 bridgehead atoms. The van der Waals surface area contributed by atoms with Crippen LogP contribution in [0.25, 0.3) is 0 Å². The number of β-amino-alcohol motifs (C(OH)–C–C–N with tert-alkyl or cyclic N) is 1. The predicted octanol–water partition coefficient (Wildman–Crippen LogP) is 1.61. The Kier molecular flexibility index (Phi) is 4.70. The molecule has 1 heterocycles. The summed E-state index contributed by atoms with van der Waals surface area (Å²) in [5.41, 5.74) is 5.88. The van der Waals surface area contributed by atoms with Crippen LogP contribution in [0.2, 0.25) is 10.0 Å². The van der Waals surface area contributed by atoms with Gasteiger partial charge in [0.15, 0.2) is 5.11 Å². The normalized spacial score (nSPS) is 21.9. The van der Waals surface area contributed by atoms with Crippen LogP contribution in [0, 0.1) is 0 Å². The topological polar surface area (TPSA) is 78.6 Å². The molecule has 0 saturated carbocycles. The largest absolute Gasteiger partial charge is 0.391 e. The molecule has 8 heteroatoms. The van der Waals surface area contributed by atoms with Gasteiger partial charge in [-0.1, -0.05) is 23.2 Å². The summed E-state index contributed by atoms with van der Waals surface area (Å²) in [6, 6.07) is 4.32. The Bertz CT molecular complexity index is 556. The van der Waals surface area contributed by atoms with Crippen LogP contribution in [0.4, 0.5) is 5.69 Å². The van der Waals surface area contributed by atoms with E-state index in [1.807, 2.05) is 0 Å². The van der Waals surface area contributed by atoms with E-state index in [1.54, 1.807) is 23.1 Å². The summed E-state index contributed by atoms with van der Waals surface area (Å²) in [5.74, 6) is -0.520. The SMILES string of the molecule is NC(=O)[C@@H]1C[C@@H](O)CN1C(=S)Nc1ccc(Cl)cc1Cl. The third-order valence-corrected chi connectivity index (χ3v) is 3.93. The van der Waals surface area contributed by atoms with E-state index in [1.165, 1.54) is 0 Å². The summed E-state index contributed by atoms with van der Waals surface area (Å²) >= 11 is 17.1. The van der Waals surface area contributed by atoms with Crippen molar-refractivity contribution in [2.75, 3.05) is 11.9 Å².